The van der Waals surface area contributed by atoms with E-state index >= 15 is 0 Å². The van der Waals surface area contributed by atoms with Crippen LogP contribution in [0.3, 0.4) is 0 Å². The van der Waals surface area contributed by atoms with Gasteiger partial charge in [-0.1, -0.05) is 18.5 Å². The van der Waals surface area contributed by atoms with E-state index in [1.807, 2.05) is 0 Å². The second-order valence-corrected chi connectivity index (χ2v) is 4.03. The molecule has 1 N–H and O–H groups in total. The Morgan fingerprint density at radius 2 is 2.12 bits per heavy atom. The summed E-state index contributed by atoms with van der Waals surface area (Å²) in [7, 11) is 1.27. The van der Waals surface area contributed by atoms with Crippen LogP contribution in [0.2, 0.25) is 5.15 Å². The lowest BCUT2D eigenvalue weighted by atomic mass is 9.98. The van der Waals surface area contributed by atoms with E-state index in [9.17, 15) is 18.0 Å². The van der Waals surface area contributed by atoms with E-state index in [2.05, 4.69) is 5.10 Å². The van der Waals surface area contributed by atoms with Gasteiger partial charge in [0.1, 0.15) is 5.15 Å². The molecule has 0 aliphatic heterocycles. The third-order valence-corrected chi connectivity index (χ3v) is 2.70. The smallest absolute Gasteiger partial charge is 0.435 e. The van der Waals surface area contributed by atoms with Crippen molar-refractivity contribution < 1.29 is 23.1 Å². The molecule has 1 unspecified atom stereocenters. The fraction of sp³-hybridized carbons (Fsp3) is 0.556. The number of carboxylic acid groups (broad SMARTS) is 1. The van der Waals surface area contributed by atoms with Crippen molar-refractivity contribution >= 4 is 17.6 Å². The molecule has 1 rings (SSSR count). The summed E-state index contributed by atoms with van der Waals surface area (Å²) >= 11 is 5.71. The van der Waals surface area contributed by atoms with E-state index in [0.29, 0.717) is 0 Å². The van der Waals surface area contributed by atoms with Gasteiger partial charge in [-0.15, -0.1) is 0 Å². The van der Waals surface area contributed by atoms with Crippen LogP contribution >= 0.6 is 11.6 Å². The Labute approximate surface area is 100.0 Å². The number of aromatic nitrogens is 2. The molecular weight excluding hydrogens is 261 g/mol. The third-order valence-electron chi connectivity index (χ3n) is 2.25. The molecule has 4 nitrogen and oxygen atoms in total. The van der Waals surface area contributed by atoms with Crippen LogP contribution in [0.5, 0.6) is 0 Å². The molecule has 0 bridgehead atoms. The topological polar surface area (TPSA) is 55.1 Å². The van der Waals surface area contributed by atoms with Gasteiger partial charge in [0.05, 0.1) is 6.42 Å². The van der Waals surface area contributed by atoms with Gasteiger partial charge in [0, 0.05) is 12.6 Å². The van der Waals surface area contributed by atoms with E-state index in [1.165, 1.54) is 14.0 Å². The highest BCUT2D eigenvalue weighted by Gasteiger charge is 2.40. The van der Waals surface area contributed by atoms with Crippen LogP contribution < -0.4 is 0 Å². The van der Waals surface area contributed by atoms with Crippen LogP contribution in [-0.4, -0.2) is 20.9 Å². The Bertz CT molecular complexity index is 442. The molecule has 1 heterocycles. The molecule has 0 aromatic carbocycles. The van der Waals surface area contributed by atoms with Gasteiger partial charge in [-0.25, -0.2) is 0 Å². The molecule has 0 radical (unpaired) electrons. The maximum atomic E-state index is 12.7. The van der Waals surface area contributed by atoms with Gasteiger partial charge in [-0.2, -0.15) is 18.3 Å². The average Bonchev–Trinajstić information content (AvgIpc) is 2.41. The Morgan fingerprint density at radius 3 is 2.53 bits per heavy atom. The number of rotatable bonds is 3. The lowest BCUT2D eigenvalue weighted by Gasteiger charge is -2.11. The average molecular weight is 271 g/mol. The zero-order chi connectivity index (χ0) is 13.4. The zero-order valence-electron chi connectivity index (χ0n) is 9.05. The molecule has 0 saturated heterocycles. The van der Waals surface area contributed by atoms with Gasteiger partial charge >= 0.3 is 12.1 Å². The lowest BCUT2D eigenvalue weighted by Crippen LogP contribution is -2.12. The predicted octanol–water partition coefficient (Wildman–Crippen LogP) is 2.67. The molecule has 0 aliphatic carbocycles. The van der Waals surface area contributed by atoms with Crippen molar-refractivity contribution in [3.63, 3.8) is 0 Å². The molecule has 96 valence electrons. The molecule has 1 atom stereocenters. The summed E-state index contributed by atoms with van der Waals surface area (Å²) in [4.78, 5) is 10.5. The van der Waals surface area contributed by atoms with Crippen LogP contribution in [0.4, 0.5) is 13.2 Å². The molecule has 0 aliphatic rings. The van der Waals surface area contributed by atoms with E-state index < -0.39 is 30.2 Å². The number of hydrogen-bond acceptors (Lipinski definition) is 2. The van der Waals surface area contributed by atoms with Crippen LogP contribution in [0.25, 0.3) is 0 Å². The quantitative estimate of drug-likeness (QED) is 0.919. The summed E-state index contributed by atoms with van der Waals surface area (Å²) in [6.45, 7) is 1.37. The molecule has 1 aromatic heterocycles. The lowest BCUT2D eigenvalue weighted by molar-refractivity contribution is -0.143. The summed E-state index contributed by atoms with van der Waals surface area (Å²) in [5, 5.41) is 11.7. The minimum atomic E-state index is -4.65. The highest BCUT2D eigenvalue weighted by molar-refractivity contribution is 6.30. The standard InChI is InChI=1S/C9H10ClF3N2O2/c1-4(3-5(16)17)6-7(9(11,12)13)14-15(2)8(6)10/h4H,3H2,1-2H3,(H,16,17). The Hall–Kier alpha value is -1.24. The van der Waals surface area contributed by atoms with Crippen LogP contribution in [0.1, 0.15) is 30.5 Å². The van der Waals surface area contributed by atoms with E-state index in [1.54, 1.807) is 0 Å². The van der Waals surface area contributed by atoms with Gasteiger partial charge in [0.15, 0.2) is 5.69 Å². The van der Waals surface area contributed by atoms with E-state index in [4.69, 9.17) is 16.7 Å². The highest BCUT2D eigenvalue weighted by Crippen LogP contribution is 2.38. The molecule has 0 saturated carbocycles. The van der Waals surface area contributed by atoms with Crippen molar-refractivity contribution in [1.29, 1.82) is 0 Å². The van der Waals surface area contributed by atoms with Gasteiger partial charge in [-0.3, -0.25) is 9.48 Å². The van der Waals surface area contributed by atoms with Gasteiger partial charge in [0.25, 0.3) is 0 Å². The summed E-state index contributed by atoms with van der Waals surface area (Å²) in [6, 6.07) is 0. The number of hydrogen-bond donors (Lipinski definition) is 1. The van der Waals surface area contributed by atoms with Gasteiger partial charge < -0.3 is 5.11 Å². The molecule has 1 aromatic rings. The molecule has 0 fully saturated rings. The summed E-state index contributed by atoms with van der Waals surface area (Å²) in [5.41, 5.74) is -1.40. The summed E-state index contributed by atoms with van der Waals surface area (Å²) in [6.07, 6.45) is -5.08. The van der Waals surface area contributed by atoms with Crippen molar-refractivity contribution in [3.8, 4) is 0 Å². The monoisotopic (exact) mass is 270 g/mol. The van der Waals surface area contributed by atoms with Crippen LogP contribution in [-0.2, 0) is 18.0 Å². The summed E-state index contributed by atoms with van der Waals surface area (Å²) in [5.74, 6) is -2.05. The fourth-order valence-corrected chi connectivity index (χ4v) is 1.84. The first-order valence-corrected chi connectivity index (χ1v) is 5.03. The Kier molecular flexibility index (Phi) is 3.71. The fourth-order valence-electron chi connectivity index (χ4n) is 1.53. The number of aryl methyl sites for hydroxylation is 1. The van der Waals surface area contributed by atoms with Crippen LogP contribution in [0.15, 0.2) is 0 Å². The van der Waals surface area contributed by atoms with Crippen molar-refractivity contribution in [2.24, 2.45) is 7.05 Å². The van der Waals surface area contributed by atoms with Gasteiger partial charge in [0.2, 0.25) is 0 Å². The largest absolute Gasteiger partial charge is 0.481 e. The van der Waals surface area contributed by atoms with Crippen molar-refractivity contribution in [3.05, 3.63) is 16.4 Å². The first kappa shape index (κ1) is 13.8. The maximum Gasteiger partial charge on any atom is 0.435 e. The first-order chi connectivity index (χ1) is 7.64. The normalized spacial score (nSPS) is 13.8. The van der Waals surface area contributed by atoms with Crippen molar-refractivity contribution in [2.45, 2.75) is 25.4 Å². The number of nitrogens with zero attached hydrogens (tertiary/aromatic N) is 2. The van der Waals surface area contributed by atoms with Crippen molar-refractivity contribution in [2.75, 3.05) is 0 Å². The molecule has 17 heavy (non-hydrogen) atoms. The molecular formula is C9H10ClF3N2O2. The SMILES string of the molecule is CC(CC(=O)O)c1c(C(F)(F)F)nn(C)c1Cl. The third kappa shape index (κ3) is 2.91. The maximum absolute atomic E-state index is 12.7. The molecule has 8 heteroatoms. The second-order valence-electron chi connectivity index (χ2n) is 3.67. The van der Waals surface area contributed by atoms with Crippen LogP contribution in [0, 0.1) is 0 Å². The number of alkyl halides is 3. The Morgan fingerprint density at radius 1 is 1.59 bits per heavy atom. The molecule has 0 amide bonds. The number of halogens is 4. The number of carbonyl (C=O) groups is 1. The number of carboxylic acids is 1. The van der Waals surface area contributed by atoms with Crippen molar-refractivity contribution in [1.82, 2.24) is 9.78 Å². The predicted molar refractivity (Wildman–Crippen MR) is 53.9 cm³/mol. The van der Waals surface area contributed by atoms with E-state index in [-0.39, 0.29) is 10.7 Å². The second kappa shape index (κ2) is 4.56. The Balaban J connectivity index is 3.26. The zero-order valence-corrected chi connectivity index (χ0v) is 9.80. The molecule has 0 spiro atoms. The first-order valence-electron chi connectivity index (χ1n) is 4.66. The van der Waals surface area contributed by atoms with E-state index in [0.717, 1.165) is 4.68 Å². The minimum absolute atomic E-state index is 0.189. The number of aliphatic carboxylic acids is 1. The minimum Gasteiger partial charge on any atom is -0.481 e. The summed E-state index contributed by atoms with van der Waals surface area (Å²) < 4.78 is 38.9. The van der Waals surface area contributed by atoms with Gasteiger partial charge in [-0.05, 0) is 5.92 Å². The highest BCUT2D eigenvalue weighted by atomic mass is 35.5.